The van der Waals surface area contributed by atoms with E-state index in [0.717, 1.165) is 20.8 Å². The maximum absolute atomic E-state index is 11.7. The molecule has 0 spiro atoms. The molecule has 10 nitrogen and oxygen atoms in total. The van der Waals surface area contributed by atoms with E-state index in [-0.39, 0.29) is 6.61 Å². The second-order valence-electron chi connectivity index (χ2n) is 6.25. The Hall–Kier alpha value is -1.29. The zero-order chi connectivity index (χ0) is 22.1. The van der Waals surface area contributed by atoms with Gasteiger partial charge in [-0.15, -0.1) is 0 Å². The summed E-state index contributed by atoms with van der Waals surface area (Å²) in [5.74, 6) is -2.39. The van der Waals surface area contributed by atoms with Gasteiger partial charge in [0.15, 0.2) is 0 Å². The van der Waals surface area contributed by atoms with Crippen LogP contribution in [0.4, 0.5) is 0 Å². The number of aliphatic hydroxyl groups excluding tert-OH is 1. The van der Waals surface area contributed by atoms with Gasteiger partial charge in [0.2, 0.25) is 0 Å². The maximum atomic E-state index is 11.7. The summed E-state index contributed by atoms with van der Waals surface area (Å²) < 4.78 is 26.8. The average molecular weight is 498 g/mol. The molecule has 1 N–H and O–H groups in total. The molecule has 0 aromatic heterocycles. The van der Waals surface area contributed by atoms with E-state index in [9.17, 15) is 19.2 Å². The number of aliphatic hydroxyl groups is 1. The van der Waals surface area contributed by atoms with Gasteiger partial charge >= 0.3 is 177 Å². The van der Waals surface area contributed by atoms with Gasteiger partial charge in [-0.2, -0.15) is 0 Å². The van der Waals surface area contributed by atoms with Crippen LogP contribution in [0.2, 0.25) is 10.9 Å². The molecule has 166 valence electrons. The van der Waals surface area contributed by atoms with Crippen molar-refractivity contribution in [3.05, 3.63) is 0 Å². The Morgan fingerprint density at radius 1 is 0.862 bits per heavy atom. The normalized spacial score (nSPS) is 27.4. The molecule has 6 atom stereocenters. The van der Waals surface area contributed by atoms with E-state index in [1.165, 1.54) is 6.92 Å². The van der Waals surface area contributed by atoms with Crippen molar-refractivity contribution in [3.8, 4) is 0 Å². The first-order valence-electron chi connectivity index (χ1n) is 8.84. The fourth-order valence-corrected chi connectivity index (χ4v) is 7.81. The van der Waals surface area contributed by atoms with E-state index in [2.05, 4.69) is 0 Å². The molecule has 0 aromatic carbocycles. The van der Waals surface area contributed by atoms with Crippen LogP contribution in [-0.2, 0) is 42.9 Å². The molecule has 0 aromatic rings. The average Bonchev–Trinajstić information content (AvgIpc) is 2.57. The van der Waals surface area contributed by atoms with Crippen LogP contribution in [0.5, 0.6) is 0 Å². The Bertz CT molecular complexity index is 601. The third-order valence-electron chi connectivity index (χ3n) is 3.65. The van der Waals surface area contributed by atoms with Gasteiger partial charge in [-0.1, -0.05) is 0 Å². The Balaban J connectivity index is 3.23. The van der Waals surface area contributed by atoms with Crippen LogP contribution in [0.3, 0.4) is 0 Å². The molecule has 29 heavy (non-hydrogen) atoms. The molecule has 1 aliphatic rings. The topological polar surface area (TPSA) is 135 Å². The van der Waals surface area contributed by atoms with E-state index >= 15 is 0 Å². The molecule has 1 fully saturated rings. The Kier molecular flexibility index (Phi) is 11.0. The molecule has 0 saturated carbocycles. The van der Waals surface area contributed by atoms with Crippen molar-refractivity contribution in [2.24, 2.45) is 0 Å². The molecule has 0 aliphatic carbocycles. The van der Waals surface area contributed by atoms with Crippen molar-refractivity contribution in [2.75, 3.05) is 12.4 Å². The summed E-state index contributed by atoms with van der Waals surface area (Å²) in [6.45, 7) is 4.72. The standard InChI is InChI=1S/C17H27AsO10S/c1-9(20)24-14-13(8-29-18(5)6-7-19)28-17(27-12(4)23)16(26-11(3)22)15(14)25-10(2)21/h13-17,19H,6-8H2,1-5H3. The molecule has 0 radical (unpaired) electrons. The number of carbonyl (C=O) groups is 4. The van der Waals surface area contributed by atoms with Crippen LogP contribution in [0.25, 0.3) is 0 Å². The number of esters is 4. The fourth-order valence-electron chi connectivity index (χ4n) is 2.65. The van der Waals surface area contributed by atoms with Gasteiger partial charge in [0.25, 0.3) is 0 Å². The van der Waals surface area contributed by atoms with Crippen LogP contribution < -0.4 is 0 Å². The predicted octanol–water partition coefficient (Wildman–Crippen LogP) is 0.416. The van der Waals surface area contributed by atoms with Crippen molar-refractivity contribution < 1.29 is 48.0 Å². The summed E-state index contributed by atoms with van der Waals surface area (Å²) in [6.07, 6.45) is -5.73. The summed E-state index contributed by atoms with van der Waals surface area (Å²) in [4.78, 5) is 46.5. The third kappa shape index (κ3) is 8.94. The molecule has 0 bridgehead atoms. The molecule has 1 rings (SSSR count). The second-order valence-corrected chi connectivity index (χ2v) is 15.3. The first kappa shape index (κ1) is 25.7. The Morgan fingerprint density at radius 3 is 1.83 bits per heavy atom. The molecular weight excluding hydrogens is 471 g/mol. The zero-order valence-corrected chi connectivity index (χ0v) is 19.7. The van der Waals surface area contributed by atoms with E-state index in [1.807, 2.05) is 5.71 Å². The van der Waals surface area contributed by atoms with Gasteiger partial charge in [-0.3, -0.25) is 0 Å². The van der Waals surface area contributed by atoms with E-state index in [0.29, 0.717) is 11.0 Å². The first-order valence-corrected chi connectivity index (χ1v) is 15.3. The van der Waals surface area contributed by atoms with Crippen LogP contribution in [0.15, 0.2) is 0 Å². The Morgan fingerprint density at radius 2 is 1.34 bits per heavy atom. The Labute approximate surface area is 177 Å². The van der Waals surface area contributed by atoms with Crippen LogP contribution in [0, 0.1) is 0 Å². The van der Waals surface area contributed by atoms with Gasteiger partial charge in [-0.05, 0) is 0 Å². The van der Waals surface area contributed by atoms with Gasteiger partial charge in [0.1, 0.15) is 0 Å². The quantitative estimate of drug-likeness (QED) is 0.269. The molecular formula is C17H27AsO10S. The van der Waals surface area contributed by atoms with Crippen molar-refractivity contribution in [2.45, 2.75) is 69.3 Å². The van der Waals surface area contributed by atoms with Crippen LogP contribution in [0.1, 0.15) is 27.7 Å². The van der Waals surface area contributed by atoms with Gasteiger partial charge in [-0.25, -0.2) is 0 Å². The second kappa shape index (κ2) is 12.4. The van der Waals surface area contributed by atoms with Crippen molar-refractivity contribution in [3.63, 3.8) is 0 Å². The van der Waals surface area contributed by atoms with Crippen LogP contribution in [-0.4, -0.2) is 85.5 Å². The van der Waals surface area contributed by atoms with E-state index < -0.39 is 68.1 Å². The molecule has 1 heterocycles. The molecule has 1 saturated heterocycles. The van der Waals surface area contributed by atoms with E-state index in [4.69, 9.17) is 28.8 Å². The number of carbonyl (C=O) groups excluding carboxylic acids is 4. The first-order chi connectivity index (χ1) is 13.5. The minimum atomic E-state index is -1.40. The zero-order valence-electron chi connectivity index (χ0n) is 17.0. The number of rotatable bonds is 9. The summed E-state index contributed by atoms with van der Waals surface area (Å²) in [5, 5.41) is 9.78. The number of ether oxygens (including phenoxy) is 5. The molecule has 12 heteroatoms. The SMILES string of the molecule is CC(=O)OC1OC(CS[As](C)CCO)C(OC(C)=O)C(OC(C)=O)C1OC(C)=O. The van der Waals surface area contributed by atoms with Gasteiger partial charge < -0.3 is 0 Å². The number of hydrogen-bond donors (Lipinski definition) is 1. The van der Waals surface area contributed by atoms with Gasteiger partial charge in [0.05, 0.1) is 0 Å². The van der Waals surface area contributed by atoms with Crippen molar-refractivity contribution in [1.82, 2.24) is 0 Å². The van der Waals surface area contributed by atoms with Crippen molar-refractivity contribution in [1.29, 1.82) is 0 Å². The molecule has 1 aliphatic heterocycles. The third-order valence-corrected chi connectivity index (χ3v) is 11.0. The summed E-state index contributed by atoms with van der Waals surface area (Å²) in [7, 11) is 1.58. The molecule has 6 unspecified atom stereocenters. The van der Waals surface area contributed by atoms with Crippen molar-refractivity contribution >= 4 is 47.4 Å². The predicted molar refractivity (Wildman–Crippen MR) is 103 cm³/mol. The van der Waals surface area contributed by atoms with Crippen LogP contribution >= 0.6 is 10.0 Å². The monoisotopic (exact) mass is 498 g/mol. The minimum absolute atomic E-state index is 0.0725. The fraction of sp³-hybridized carbons (Fsp3) is 0.765. The summed E-state index contributed by atoms with van der Waals surface area (Å²) >= 11 is -1.40. The number of hydrogen-bond acceptors (Lipinski definition) is 11. The summed E-state index contributed by atoms with van der Waals surface area (Å²) in [6, 6.07) is 0. The van der Waals surface area contributed by atoms with E-state index in [1.54, 1.807) is 10.0 Å². The molecule has 0 amide bonds. The summed E-state index contributed by atoms with van der Waals surface area (Å²) in [5.41, 5.74) is 2.05. The van der Waals surface area contributed by atoms with Gasteiger partial charge in [0, 0.05) is 0 Å².